The SMILES string of the molecule is COC[C@@H](NC(=O)Nc1cc2[nH]nc(NC3CCC3)c2cn1)c1ccccc1. The van der Waals surface area contributed by atoms with Crippen LogP contribution >= 0.6 is 0 Å². The fraction of sp³-hybridized carbons (Fsp3) is 0.350. The van der Waals surface area contributed by atoms with E-state index < -0.39 is 0 Å². The number of nitrogens with zero attached hydrogens (tertiary/aromatic N) is 2. The van der Waals surface area contributed by atoms with E-state index in [-0.39, 0.29) is 12.1 Å². The molecule has 1 saturated carbocycles. The number of H-pyrrole nitrogens is 1. The largest absolute Gasteiger partial charge is 0.382 e. The Balaban J connectivity index is 1.42. The lowest BCUT2D eigenvalue weighted by Gasteiger charge is -2.26. The molecule has 8 heteroatoms. The highest BCUT2D eigenvalue weighted by Crippen LogP contribution is 2.27. The highest BCUT2D eigenvalue weighted by atomic mass is 16.5. The second-order valence-corrected chi connectivity index (χ2v) is 6.98. The lowest BCUT2D eigenvalue weighted by molar-refractivity contribution is 0.168. The molecule has 28 heavy (non-hydrogen) atoms. The molecule has 0 aliphatic heterocycles. The summed E-state index contributed by atoms with van der Waals surface area (Å²) in [6.07, 6.45) is 5.32. The van der Waals surface area contributed by atoms with Gasteiger partial charge < -0.3 is 15.4 Å². The van der Waals surface area contributed by atoms with Gasteiger partial charge in [-0.05, 0) is 24.8 Å². The average molecular weight is 380 g/mol. The zero-order chi connectivity index (χ0) is 19.3. The number of hydrogen-bond acceptors (Lipinski definition) is 5. The minimum atomic E-state index is -0.343. The van der Waals surface area contributed by atoms with Gasteiger partial charge in [0.15, 0.2) is 5.82 Å². The number of benzene rings is 1. The van der Waals surface area contributed by atoms with Crippen molar-refractivity contribution in [2.45, 2.75) is 31.3 Å². The number of ether oxygens (including phenoxy) is 1. The van der Waals surface area contributed by atoms with E-state index in [1.807, 2.05) is 30.3 Å². The topological polar surface area (TPSA) is 104 Å². The molecule has 4 N–H and O–H groups in total. The van der Waals surface area contributed by atoms with Crippen molar-refractivity contribution in [3.63, 3.8) is 0 Å². The van der Waals surface area contributed by atoms with Crippen molar-refractivity contribution in [3.8, 4) is 0 Å². The monoisotopic (exact) mass is 380 g/mol. The van der Waals surface area contributed by atoms with Gasteiger partial charge in [-0.3, -0.25) is 10.4 Å². The summed E-state index contributed by atoms with van der Waals surface area (Å²) in [5, 5.41) is 17.4. The number of urea groups is 1. The van der Waals surface area contributed by atoms with E-state index in [0.717, 1.165) is 22.3 Å². The standard InChI is InChI=1S/C20H24N6O2/c1-28-12-17(13-6-3-2-4-7-13)23-20(27)24-18-10-16-15(11-21-18)19(26-25-16)22-14-8-5-9-14/h2-4,6-7,10-11,14,17H,5,8-9,12H2,1H3,(H2,22,25,26)(H2,21,23,24,27)/t17-/m1/s1. The Labute approximate surface area is 163 Å². The van der Waals surface area contributed by atoms with Gasteiger partial charge in [-0.25, -0.2) is 9.78 Å². The summed E-state index contributed by atoms with van der Waals surface area (Å²) in [7, 11) is 1.61. The molecule has 0 bridgehead atoms. The number of rotatable bonds is 7. The first-order valence-electron chi connectivity index (χ1n) is 9.45. The van der Waals surface area contributed by atoms with E-state index in [2.05, 4.69) is 31.1 Å². The van der Waals surface area contributed by atoms with E-state index >= 15 is 0 Å². The number of carbonyl (C=O) groups is 1. The van der Waals surface area contributed by atoms with Crippen molar-refractivity contribution in [1.29, 1.82) is 0 Å². The Morgan fingerprint density at radius 2 is 2.14 bits per heavy atom. The van der Waals surface area contributed by atoms with Crippen LogP contribution in [0, 0.1) is 0 Å². The number of hydrogen-bond donors (Lipinski definition) is 4. The molecule has 2 amide bonds. The predicted molar refractivity (Wildman–Crippen MR) is 108 cm³/mol. The molecule has 2 heterocycles. The number of aromatic nitrogens is 3. The molecular formula is C20H24N6O2. The maximum atomic E-state index is 12.4. The normalized spacial score (nSPS) is 15.0. The molecule has 1 aliphatic carbocycles. The van der Waals surface area contributed by atoms with Gasteiger partial charge >= 0.3 is 6.03 Å². The van der Waals surface area contributed by atoms with Crippen LogP contribution in [0.1, 0.15) is 30.9 Å². The third-order valence-electron chi connectivity index (χ3n) is 4.98. The lowest BCUT2D eigenvalue weighted by Crippen LogP contribution is -2.35. The first-order chi connectivity index (χ1) is 13.7. The summed E-state index contributed by atoms with van der Waals surface area (Å²) in [6.45, 7) is 0.376. The van der Waals surface area contributed by atoms with Crippen molar-refractivity contribution in [3.05, 3.63) is 48.2 Å². The van der Waals surface area contributed by atoms with Crippen molar-refractivity contribution < 1.29 is 9.53 Å². The van der Waals surface area contributed by atoms with Gasteiger partial charge in [0.05, 0.1) is 23.6 Å². The van der Waals surface area contributed by atoms with Crippen molar-refractivity contribution in [2.75, 3.05) is 24.4 Å². The van der Waals surface area contributed by atoms with Crippen LogP contribution in [0.5, 0.6) is 0 Å². The van der Waals surface area contributed by atoms with Crippen molar-refractivity contribution >= 4 is 28.6 Å². The second kappa shape index (κ2) is 8.26. The molecule has 0 saturated heterocycles. The van der Waals surface area contributed by atoms with E-state index in [4.69, 9.17) is 4.74 Å². The Hall–Kier alpha value is -3.13. The van der Waals surface area contributed by atoms with Gasteiger partial charge in [0.2, 0.25) is 0 Å². The van der Waals surface area contributed by atoms with Crippen LogP contribution in [0.3, 0.4) is 0 Å². The molecule has 4 rings (SSSR count). The molecule has 0 radical (unpaired) electrons. The highest BCUT2D eigenvalue weighted by Gasteiger charge is 2.19. The number of carbonyl (C=O) groups excluding carboxylic acids is 1. The summed E-state index contributed by atoms with van der Waals surface area (Å²) in [6, 6.07) is 11.4. The summed E-state index contributed by atoms with van der Waals surface area (Å²) in [5.74, 6) is 1.26. The van der Waals surface area contributed by atoms with E-state index in [1.54, 1.807) is 19.4 Å². The summed E-state index contributed by atoms with van der Waals surface area (Å²) in [5.41, 5.74) is 1.80. The minimum Gasteiger partial charge on any atom is -0.382 e. The van der Waals surface area contributed by atoms with Gasteiger partial charge in [0, 0.05) is 25.4 Å². The molecule has 8 nitrogen and oxygen atoms in total. The van der Waals surface area contributed by atoms with Gasteiger partial charge in [0.1, 0.15) is 5.82 Å². The van der Waals surface area contributed by atoms with Gasteiger partial charge in [-0.15, -0.1) is 0 Å². The smallest absolute Gasteiger partial charge is 0.320 e. The lowest BCUT2D eigenvalue weighted by atomic mass is 9.93. The highest BCUT2D eigenvalue weighted by molar-refractivity contribution is 5.94. The Kier molecular flexibility index (Phi) is 5.38. The fourth-order valence-electron chi connectivity index (χ4n) is 3.22. The number of fused-ring (bicyclic) bond motifs is 1. The van der Waals surface area contributed by atoms with Crippen LogP contribution in [0.25, 0.3) is 10.9 Å². The van der Waals surface area contributed by atoms with Crippen molar-refractivity contribution in [2.24, 2.45) is 0 Å². The Morgan fingerprint density at radius 3 is 2.86 bits per heavy atom. The van der Waals surface area contributed by atoms with E-state index in [0.29, 0.717) is 18.5 Å². The third-order valence-corrected chi connectivity index (χ3v) is 4.98. The first-order valence-corrected chi connectivity index (χ1v) is 9.45. The molecule has 2 aromatic heterocycles. The predicted octanol–water partition coefficient (Wildman–Crippen LogP) is 3.43. The molecule has 1 aliphatic rings. The zero-order valence-electron chi connectivity index (χ0n) is 15.7. The first kappa shape index (κ1) is 18.2. The third kappa shape index (κ3) is 4.07. The number of anilines is 2. The Morgan fingerprint density at radius 1 is 1.32 bits per heavy atom. The number of amides is 2. The van der Waals surface area contributed by atoms with Gasteiger partial charge in [0.25, 0.3) is 0 Å². The molecule has 1 atom stereocenters. The quantitative estimate of drug-likeness (QED) is 0.503. The zero-order valence-corrected chi connectivity index (χ0v) is 15.7. The number of nitrogens with one attached hydrogen (secondary N) is 4. The van der Waals surface area contributed by atoms with Crippen LogP contribution in [0.2, 0.25) is 0 Å². The summed E-state index contributed by atoms with van der Waals surface area (Å²) in [4.78, 5) is 16.8. The van der Waals surface area contributed by atoms with Crippen LogP contribution in [-0.2, 0) is 4.74 Å². The van der Waals surface area contributed by atoms with Crippen LogP contribution in [-0.4, -0.2) is 41.0 Å². The number of aromatic amines is 1. The molecule has 1 fully saturated rings. The molecule has 146 valence electrons. The van der Waals surface area contributed by atoms with E-state index in [1.165, 1.54) is 19.3 Å². The average Bonchev–Trinajstić information content (AvgIpc) is 3.07. The molecule has 3 aromatic rings. The fourth-order valence-corrected chi connectivity index (χ4v) is 3.22. The summed E-state index contributed by atoms with van der Waals surface area (Å²) >= 11 is 0. The Bertz CT molecular complexity index is 938. The number of pyridine rings is 1. The molecule has 1 aromatic carbocycles. The van der Waals surface area contributed by atoms with Gasteiger partial charge in [-0.1, -0.05) is 30.3 Å². The summed E-state index contributed by atoms with van der Waals surface area (Å²) < 4.78 is 5.24. The minimum absolute atomic E-state index is 0.250. The van der Waals surface area contributed by atoms with Crippen LogP contribution < -0.4 is 16.0 Å². The maximum absolute atomic E-state index is 12.4. The molecule has 0 unspecified atom stereocenters. The molecular weight excluding hydrogens is 356 g/mol. The van der Waals surface area contributed by atoms with Gasteiger partial charge in [-0.2, -0.15) is 5.10 Å². The van der Waals surface area contributed by atoms with E-state index in [9.17, 15) is 4.79 Å². The molecule has 0 spiro atoms. The second-order valence-electron chi connectivity index (χ2n) is 6.98. The van der Waals surface area contributed by atoms with Crippen LogP contribution in [0.4, 0.5) is 16.4 Å². The van der Waals surface area contributed by atoms with Crippen LogP contribution in [0.15, 0.2) is 42.6 Å². The maximum Gasteiger partial charge on any atom is 0.320 e. The number of methoxy groups -OCH3 is 1. The van der Waals surface area contributed by atoms with Crippen molar-refractivity contribution in [1.82, 2.24) is 20.5 Å².